The number of ether oxygens (including phenoxy) is 1. The molecule has 0 fully saturated rings. The van der Waals surface area contributed by atoms with Crippen molar-refractivity contribution >= 4 is 11.4 Å². The molecule has 124 valence electrons. The van der Waals surface area contributed by atoms with Crippen molar-refractivity contribution in [3.63, 3.8) is 0 Å². The normalized spacial score (nSPS) is 9.92. The maximum atomic E-state index is 9.87. The molecule has 0 amide bonds. The van der Waals surface area contributed by atoms with Crippen molar-refractivity contribution in [1.29, 1.82) is 0 Å². The summed E-state index contributed by atoms with van der Waals surface area (Å²) in [5, 5.41) is 19.4. The number of hydrogen-bond donors (Lipinski definition) is 4. The van der Waals surface area contributed by atoms with E-state index in [0.29, 0.717) is 17.1 Å². The number of hydrogen-bond acceptors (Lipinski definition) is 5. The molecular formula is C20H16N2O3. The number of benzene rings is 3. The van der Waals surface area contributed by atoms with E-state index < -0.39 is 0 Å². The van der Waals surface area contributed by atoms with Crippen LogP contribution in [0.5, 0.6) is 23.0 Å². The molecule has 0 bridgehead atoms. The topological polar surface area (TPSA) is 102 Å². The van der Waals surface area contributed by atoms with Gasteiger partial charge in [-0.1, -0.05) is 30.0 Å². The average molecular weight is 332 g/mol. The Bertz CT molecular complexity index is 973. The van der Waals surface area contributed by atoms with Crippen LogP contribution in [0.15, 0.2) is 60.7 Å². The average Bonchev–Trinajstić information content (AvgIpc) is 2.62. The van der Waals surface area contributed by atoms with Crippen molar-refractivity contribution in [3.05, 3.63) is 71.8 Å². The molecule has 25 heavy (non-hydrogen) atoms. The molecule has 6 N–H and O–H groups in total. The van der Waals surface area contributed by atoms with Crippen LogP contribution in [0.3, 0.4) is 0 Å². The first kappa shape index (κ1) is 16.1. The fraction of sp³-hybridized carbons (Fsp3) is 0. The van der Waals surface area contributed by atoms with Crippen LogP contribution in [0.1, 0.15) is 11.1 Å². The van der Waals surface area contributed by atoms with Crippen molar-refractivity contribution in [2.45, 2.75) is 0 Å². The Balaban J connectivity index is 2.01. The van der Waals surface area contributed by atoms with Crippen molar-refractivity contribution in [2.24, 2.45) is 0 Å². The van der Waals surface area contributed by atoms with Gasteiger partial charge in [0.15, 0.2) is 0 Å². The van der Waals surface area contributed by atoms with E-state index in [1.54, 1.807) is 12.1 Å². The Kier molecular flexibility index (Phi) is 4.36. The third-order valence-corrected chi connectivity index (χ3v) is 3.52. The molecule has 0 aliphatic rings. The summed E-state index contributed by atoms with van der Waals surface area (Å²) in [4.78, 5) is 0. The molecule has 0 saturated carbocycles. The lowest BCUT2D eigenvalue weighted by molar-refractivity contribution is 0.461. The monoisotopic (exact) mass is 332 g/mol. The Hall–Kier alpha value is -3.78. The van der Waals surface area contributed by atoms with Gasteiger partial charge < -0.3 is 26.4 Å². The van der Waals surface area contributed by atoms with Gasteiger partial charge in [-0.25, -0.2) is 0 Å². The van der Waals surface area contributed by atoms with Gasteiger partial charge in [0.2, 0.25) is 0 Å². The fourth-order valence-electron chi connectivity index (χ4n) is 2.18. The van der Waals surface area contributed by atoms with Crippen molar-refractivity contribution in [2.75, 3.05) is 11.5 Å². The zero-order valence-corrected chi connectivity index (χ0v) is 13.2. The second kappa shape index (κ2) is 6.77. The molecule has 5 nitrogen and oxygen atoms in total. The highest BCUT2D eigenvalue weighted by Gasteiger charge is 2.11. The van der Waals surface area contributed by atoms with E-state index in [9.17, 15) is 10.2 Å². The van der Waals surface area contributed by atoms with E-state index in [0.717, 1.165) is 5.56 Å². The highest BCUT2D eigenvalue weighted by atomic mass is 16.5. The summed E-state index contributed by atoms with van der Waals surface area (Å²) in [7, 11) is 0. The molecule has 3 rings (SSSR count). The van der Waals surface area contributed by atoms with Gasteiger partial charge in [-0.05, 0) is 36.4 Å². The standard InChI is InChI=1S/C20H16N2O3/c21-16-12-14(7-9-17(16)23)25-19-11-10-18(24)20(22)15(19)8-6-13-4-2-1-3-5-13/h1-5,7,9-12,23-24H,21-22H2. The summed E-state index contributed by atoms with van der Waals surface area (Å²) in [6.07, 6.45) is 0. The van der Waals surface area contributed by atoms with Crippen LogP contribution >= 0.6 is 0 Å². The first-order valence-electron chi connectivity index (χ1n) is 7.49. The number of nitrogen functional groups attached to an aromatic ring is 2. The highest BCUT2D eigenvalue weighted by Crippen LogP contribution is 2.35. The minimum atomic E-state index is -0.0741. The van der Waals surface area contributed by atoms with E-state index in [-0.39, 0.29) is 22.9 Å². The summed E-state index contributed by atoms with van der Waals surface area (Å²) < 4.78 is 5.78. The Morgan fingerprint density at radius 2 is 1.52 bits per heavy atom. The minimum absolute atomic E-state index is 0.0262. The molecule has 0 atom stereocenters. The zero-order chi connectivity index (χ0) is 17.8. The van der Waals surface area contributed by atoms with Gasteiger partial charge in [0, 0.05) is 11.6 Å². The van der Waals surface area contributed by atoms with Gasteiger partial charge in [0.25, 0.3) is 0 Å². The summed E-state index contributed by atoms with van der Waals surface area (Å²) in [6.45, 7) is 0. The summed E-state index contributed by atoms with van der Waals surface area (Å²) >= 11 is 0. The summed E-state index contributed by atoms with van der Waals surface area (Å²) in [5.74, 6) is 6.63. The van der Waals surface area contributed by atoms with Gasteiger partial charge in [0.05, 0.1) is 16.9 Å². The molecule has 3 aromatic carbocycles. The molecule has 0 radical (unpaired) electrons. The molecule has 0 aromatic heterocycles. The van der Waals surface area contributed by atoms with Crippen LogP contribution in [0, 0.1) is 11.8 Å². The molecule has 0 aliphatic carbocycles. The van der Waals surface area contributed by atoms with Crippen LogP contribution in [0.25, 0.3) is 0 Å². The summed E-state index contributed by atoms with van der Waals surface area (Å²) in [5.41, 5.74) is 13.1. The summed E-state index contributed by atoms with van der Waals surface area (Å²) in [6, 6.07) is 16.9. The van der Waals surface area contributed by atoms with E-state index in [4.69, 9.17) is 16.2 Å². The van der Waals surface area contributed by atoms with E-state index in [1.165, 1.54) is 18.2 Å². The molecule has 3 aromatic rings. The van der Waals surface area contributed by atoms with Crippen LogP contribution < -0.4 is 16.2 Å². The SMILES string of the molecule is Nc1cc(Oc2ccc(O)c(N)c2C#Cc2ccccc2)ccc1O. The molecule has 0 unspecified atom stereocenters. The molecule has 0 aliphatic heterocycles. The lowest BCUT2D eigenvalue weighted by Gasteiger charge is -2.11. The first-order valence-corrected chi connectivity index (χ1v) is 7.49. The largest absolute Gasteiger partial charge is 0.506 e. The Morgan fingerprint density at radius 3 is 2.24 bits per heavy atom. The van der Waals surface area contributed by atoms with Crippen molar-refractivity contribution in [1.82, 2.24) is 0 Å². The van der Waals surface area contributed by atoms with Crippen LogP contribution in [0.4, 0.5) is 11.4 Å². The maximum Gasteiger partial charge on any atom is 0.145 e. The fourth-order valence-corrected chi connectivity index (χ4v) is 2.18. The van der Waals surface area contributed by atoms with Gasteiger partial charge in [-0.15, -0.1) is 0 Å². The quantitative estimate of drug-likeness (QED) is 0.327. The number of rotatable bonds is 2. The molecular weight excluding hydrogens is 316 g/mol. The predicted octanol–water partition coefficient (Wildman–Crippen LogP) is 3.45. The third-order valence-electron chi connectivity index (χ3n) is 3.52. The Labute approximate surface area is 145 Å². The van der Waals surface area contributed by atoms with Crippen LogP contribution in [-0.2, 0) is 0 Å². The third kappa shape index (κ3) is 3.59. The van der Waals surface area contributed by atoms with Crippen molar-refractivity contribution in [3.8, 4) is 34.8 Å². The number of phenols is 2. The van der Waals surface area contributed by atoms with E-state index >= 15 is 0 Å². The van der Waals surface area contributed by atoms with Gasteiger partial charge in [-0.3, -0.25) is 0 Å². The first-order chi connectivity index (χ1) is 12.0. The van der Waals surface area contributed by atoms with Crippen molar-refractivity contribution < 1.29 is 14.9 Å². The van der Waals surface area contributed by atoms with Crippen LogP contribution in [-0.4, -0.2) is 10.2 Å². The number of phenolic OH excluding ortho intramolecular Hbond substituents is 2. The zero-order valence-electron chi connectivity index (χ0n) is 13.2. The van der Waals surface area contributed by atoms with E-state index in [2.05, 4.69) is 11.8 Å². The number of aromatic hydroxyl groups is 2. The second-order valence-electron chi connectivity index (χ2n) is 5.31. The highest BCUT2D eigenvalue weighted by molar-refractivity contribution is 5.70. The smallest absolute Gasteiger partial charge is 0.145 e. The molecule has 0 saturated heterocycles. The lowest BCUT2D eigenvalue weighted by Crippen LogP contribution is -1.96. The molecule has 5 heteroatoms. The lowest BCUT2D eigenvalue weighted by atomic mass is 10.1. The van der Waals surface area contributed by atoms with Gasteiger partial charge in [0.1, 0.15) is 23.0 Å². The predicted molar refractivity (Wildman–Crippen MR) is 97.5 cm³/mol. The molecule has 0 heterocycles. The number of anilines is 2. The second-order valence-corrected chi connectivity index (χ2v) is 5.31. The van der Waals surface area contributed by atoms with Gasteiger partial charge in [-0.2, -0.15) is 0 Å². The number of nitrogens with two attached hydrogens (primary N) is 2. The molecule has 0 spiro atoms. The van der Waals surface area contributed by atoms with E-state index in [1.807, 2.05) is 30.3 Å². The Morgan fingerprint density at radius 1 is 0.800 bits per heavy atom. The van der Waals surface area contributed by atoms with Crippen LogP contribution in [0.2, 0.25) is 0 Å². The maximum absolute atomic E-state index is 9.87. The van der Waals surface area contributed by atoms with Gasteiger partial charge >= 0.3 is 0 Å². The minimum Gasteiger partial charge on any atom is -0.506 e.